The van der Waals surface area contributed by atoms with Gasteiger partial charge in [0.15, 0.2) is 0 Å². The number of rotatable bonds is 10. The summed E-state index contributed by atoms with van der Waals surface area (Å²) in [6.07, 6.45) is 11.1. The van der Waals surface area contributed by atoms with Crippen LogP contribution in [-0.4, -0.2) is 12.2 Å². The smallest absolute Gasteiger partial charge is 0.101 e. The van der Waals surface area contributed by atoms with Crippen molar-refractivity contribution in [2.75, 3.05) is 0 Å². The number of ether oxygens (including phenoxy) is 2. The zero-order chi connectivity index (χ0) is 21.6. The van der Waals surface area contributed by atoms with Crippen LogP contribution in [0.1, 0.15) is 99.3 Å². The Morgan fingerprint density at radius 2 is 1.10 bits per heavy atom. The van der Waals surface area contributed by atoms with Crippen molar-refractivity contribution >= 4 is 0 Å². The molecule has 2 rings (SSSR count). The van der Waals surface area contributed by atoms with Crippen LogP contribution >= 0.6 is 0 Å². The molecule has 0 radical (unpaired) electrons. The van der Waals surface area contributed by atoms with Gasteiger partial charge in [-0.15, -0.1) is 0 Å². The van der Waals surface area contributed by atoms with E-state index in [1.165, 1.54) is 38.5 Å². The predicted octanol–water partition coefficient (Wildman–Crippen LogP) is 8.14. The van der Waals surface area contributed by atoms with E-state index in [1.807, 2.05) is 0 Å². The lowest BCUT2D eigenvalue weighted by atomic mass is 9.75. The van der Waals surface area contributed by atoms with Gasteiger partial charge >= 0.3 is 0 Å². The van der Waals surface area contributed by atoms with Crippen LogP contribution in [0.3, 0.4) is 0 Å². The number of hydrogen-bond acceptors (Lipinski definition) is 2. The van der Waals surface area contributed by atoms with Crippen LogP contribution < -0.4 is 0 Å². The topological polar surface area (TPSA) is 18.5 Å². The van der Waals surface area contributed by atoms with Gasteiger partial charge in [-0.25, -0.2) is 0 Å². The summed E-state index contributed by atoms with van der Waals surface area (Å²) in [6.45, 7) is 22.5. The van der Waals surface area contributed by atoms with E-state index in [9.17, 15) is 0 Å². The zero-order valence-corrected chi connectivity index (χ0v) is 20.2. The first-order valence-corrected chi connectivity index (χ1v) is 12.4. The Kier molecular flexibility index (Phi) is 9.63. The van der Waals surface area contributed by atoms with Crippen molar-refractivity contribution in [2.24, 2.45) is 35.5 Å². The lowest BCUT2D eigenvalue weighted by molar-refractivity contribution is -0.00776. The van der Waals surface area contributed by atoms with Crippen LogP contribution in [0.25, 0.3) is 0 Å². The van der Waals surface area contributed by atoms with Crippen LogP contribution in [0, 0.1) is 35.5 Å². The second-order valence-corrected chi connectivity index (χ2v) is 10.9. The molecule has 2 fully saturated rings. The van der Waals surface area contributed by atoms with Crippen molar-refractivity contribution in [2.45, 2.75) is 112 Å². The molecular weight excluding hydrogens is 356 g/mol. The van der Waals surface area contributed by atoms with E-state index in [2.05, 4.69) is 54.7 Å². The standard InChI is InChI=1S/C27H48O2/c1-18(2)24-14-12-20(5)16-26(24)28-22(7)10-9-11-23(8)29-27-17-21(6)13-15-25(27)19(3)4/h18-21,24-27H,7-17H2,1-6H3. The Morgan fingerprint density at radius 1 is 0.724 bits per heavy atom. The third-order valence-corrected chi connectivity index (χ3v) is 7.47. The third-order valence-electron chi connectivity index (χ3n) is 7.47. The van der Waals surface area contributed by atoms with Gasteiger partial charge in [0, 0.05) is 12.8 Å². The molecule has 0 spiro atoms. The molecule has 0 N–H and O–H groups in total. The minimum Gasteiger partial charge on any atom is -0.495 e. The van der Waals surface area contributed by atoms with Crippen LogP contribution in [0.2, 0.25) is 0 Å². The van der Waals surface area contributed by atoms with Crippen LogP contribution in [0.4, 0.5) is 0 Å². The van der Waals surface area contributed by atoms with Gasteiger partial charge in [-0.05, 0) is 67.6 Å². The van der Waals surface area contributed by atoms with E-state index in [0.29, 0.717) is 35.9 Å². The quantitative estimate of drug-likeness (QED) is 0.342. The average Bonchev–Trinajstić information content (AvgIpc) is 2.61. The highest BCUT2D eigenvalue weighted by atomic mass is 16.5. The van der Waals surface area contributed by atoms with E-state index >= 15 is 0 Å². The maximum Gasteiger partial charge on any atom is 0.101 e. The fourth-order valence-electron chi connectivity index (χ4n) is 5.53. The number of allylic oxidation sites excluding steroid dienone is 2. The van der Waals surface area contributed by atoms with Crippen molar-refractivity contribution in [3.05, 3.63) is 24.7 Å². The molecule has 2 aliphatic rings. The molecule has 2 saturated carbocycles. The van der Waals surface area contributed by atoms with E-state index in [4.69, 9.17) is 9.47 Å². The second-order valence-electron chi connectivity index (χ2n) is 10.9. The lowest BCUT2D eigenvalue weighted by Crippen LogP contribution is -2.34. The predicted molar refractivity (Wildman–Crippen MR) is 125 cm³/mol. The highest BCUT2D eigenvalue weighted by molar-refractivity contribution is 4.93. The maximum absolute atomic E-state index is 6.37. The van der Waals surface area contributed by atoms with E-state index in [0.717, 1.165) is 42.6 Å². The first kappa shape index (κ1) is 24.4. The van der Waals surface area contributed by atoms with Crippen LogP contribution in [0.15, 0.2) is 24.7 Å². The fraction of sp³-hybridized carbons (Fsp3) is 0.852. The molecule has 0 aliphatic heterocycles. The monoisotopic (exact) mass is 404 g/mol. The van der Waals surface area contributed by atoms with Crippen molar-refractivity contribution in [1.29, 1.82) is 0 Å². The molecule has 0 aromatic carbocycles. The Labute approximate surface area is 181 Å². The first-order chi connectivity index (χ1) is 13.7. The van der Waals surface area contributed by atoms with Crippen molar-refractivity contribution in [1.82, 2.24) is 0 Å². The normalized spacial score (nSPS) is 33.0. The van der Waals surface area contributed by atoms with Gasteiger partial charge in [0.05, 0.1) is 11.5 Å². The molecule has 0 amide bonds. The average molecular weight is 405 g/mol. The molecule has 0 heterocycles. The highest BCUT2D eigenvalue weighted by Crippen LogP contribution is 2.38. The summed E-state index contributed by atoms with van der Waals surface area (Å²) in [7, 11) is 0. The van der Waals surface area contributed by atoms with Gasteiger partial charge in [-0.2, -0.15) is 0 Å². The molecule has 168 valence electrons. The summed E-state index contributed by atoms with van der Waals surface area (Å²) < 4.78 is 12.7. The zero-order valence-electron chi connectivity index (χ0n) is 20.2. The van der Waals surface area contributed by atoms with Crippen LogP contribution in [0.5, 0.6) is 0 Å². The summed E-state index contributed by atoms with van der Waals surface area (Å²) in [4.78, 5) is 0. The van der Waals surface area contributed by atoms with Crippen molar-refractivity contribution in [3.8, 4) is 0 Å². The molecule has 6 unspecified atom stereocenters. The van der Waals surface area contributed by atoms with Gasteiger partial charge in [0.2, 0.25) is 0 Å². The minimum absolute atomic E-state index is 0.348. The molecular formula is C27H48O2. The maximum atomic E-state index is 6.37. The van der Waals surface area contributed by atoms with E-state index in [-0.39, 0.29) is 0 Å². The first-order valence-electron chi connectivity index (χ1n) is 12.4. The molecule has 2 nitrogen and oxygen atoms in total. The molecule has 2 aliphatic carbocycles. The lowest BCUT2D eigenvalue weighted by Gasteiger charge is -2.38. The van der Waals surface area contributed by atoms with Crippen LogP contribution in [-0.2, 0) is 9.47 Å². The molecule has 0 aromatic rings. The molecule has 0 aromatic heterocycles. The number of hydrogen-bond donors (Lipinski definition) is 0. The second kappa shape index (κ2) is 11.5. The molecule has 6 atom stereocenters. The van der Waals surface area contributed by atoms with Gasteiger partial charge in [0.1, 0.15) is 12.2 Å². The Hall–Kier alpha value is -0.920. The fourth-order valence-corrected chi connectivity index (χ4v) is 5.53. The summed E-state index contributed by atoms with van der Waals surface area (Å²) in [5.41, 5.74) is 0. The molecule has 0 saturated heterocycles. The largest absolute Gasteiger partial charge is 0.495 e. The van der Waals surface area contributed by atoms with Gasteiger partial charge in [-0.3, -0.25) is 0 Å². The van der Waals surface area contributed by atoms with Gasteiger partial charge < -0.3 is 9.47 Å². The van der Waals surface area contributed by atoms with Gasteiger partial charge in [-0.1, -0.05) is 67.5 Å². The van der Waals surface area contributed by atoms with Crippen molar-refractivity contribution < 1.29 is 9.47 Å². The molecule has 2 heteroatoms. The third kappa shape index (κ3) is 7.68. The Morgan fingerprint density at radius 3 is 1.45 bits per heavy atom. The highest BCUT2D eigenvalue weighted by Gasteiger charge is 2.33. The Balaban J connectivity index is 1.74. The summed E-state index contributed by atoms with van der Waals surface area (Å²) in [5, 5.41) is 0. The Bertz CT molecular complexity index is 475. The van der Waals surface area contributed by atoms with Gasteiger partial charge in [0.25, 0.3) is 0 Å². The van der Waals surface area contributed by atoms with E-state index < -0.39 is 0 Å². The summed E-state index contributed by atoms with van der Waals surface area (Å²) in [5.74, 6) is 6.14. The molecule has 0 bridgehead atoms. The molecule has 29 heavy (non-hydrogen) atoms. The van der Waals surface area contributed by atoms with E-state index in [1.54, 1.807) is 0 Å². The minimum atomic E-state index is 0.348. The van der Waals surface area contributed by atoms with Crippen molar-refractivity contribution in [3.63, 3.8) is 0 Å². The SMILES string of the molecule is C=C(CCCC(=C)OC1CC(C)CCC1C(C)C)OC1CC(C)CCC1C(C)C. The summed E-state index contributed by atoms with van der Waals surface area (Å²) >= 11 is 0. The summed E-state index contributed by atoms with van der Waals surface area (Å²) in [6, 6.07) is 0.